The Kier molecular flexibility index (Phi) is 3.85. The molecule has 1 N–H and O–H groups in total. The molecule has 2 heterocycles. The molecule has 0 radical (unpaired) electrons. The molecule has 124 valence electrons. The van der Waals surface area contributed by atoms with E-state index in [0.717, 1.165) is 43.5 Å². The fourth-order valence-corrected chi connectivity index (χ4v) is 4.02. The number of amides is 1. The largest absolute Gasteiger partial charge is 0.324 e. The van der Waals surface area contributed by atoms with Crippen molar-refractivity contribution in [1.82, 2.24) is 4.90 Å². The van der Waals surface area contributed by atoms with Crippen LogP contribution in [0.1, 0.15) is 30.4 Å². The number of benzene rings is 2. The molecule has 0 saturated carbocycles. The Hall–Kier alpha value is -2.20. The first-order valence-corrected chi connectivity index (χ1v) is 8.56. The highest BCUT2D eigenvalue weighted by Crippen LogP contribution is 2.38. The molecule has 4 heteroatoms. The second-order valence-electron chi connectivity index (χ2n) is 6.82. The van der Waals surface area contributed by atoms with Crippen LogP contribution in [0.15, 0.2) is 48.5 Å². The van der Waals surface area contributed by atoms with Crippen LogP contribution in [-0.4, -0.2) is 22.9 Å². The van der Waals surface area contributed by atoms with Gasteiger partial charge < -0.3 is 5.32 Å². The van der Waals surface area contributed by atoms with Crippen LogP contribution in [0.5, 0.6) is 0 Å². The standard InChI is InChI=1S/C20H21FN2O/c21-17-9-7-15(8-10-17)14-23-12-4-3-11-20(23)13-16-5-1-2-6-18(16)22-19(20)24/h1-2,5-10H,3-4,11-14H2,(H,22,24). The first kappa shape index (κ1) is 15.3. The molecule has 0 aliphatic carbocycles. The van der Waals surface area contributed by atoms with E-state index >= 15 is 0 Å². The van der Waals surface area contributed by atoms with Crippen molar-refractivity contribution in [3.05, 3.63) is 65.5 Å². The maximum absolute atomic E-state index is 13.2. The van der Waals surface area contributed by atoms with Crippen molar-refractivity contribution in [2.75, 3.05) is 11.9 Å². The van der Waals surface area contributed by atoms with Gasteiger partial charge >= 0.3 is 0 Å². The monoisotopic (exact) mass is 324 g/mol. The number of para-hydroxylation sites is 1. The predicted molar refractivity (Wildman–Crippen MR) is 92.2 cm³/mol. The third kappa shape index (κ3) is 2.61. The number of rotatable bonds is 2. The van der Waals surface area contributed by atoms with Gasteiger partial charge in [0.1, 0.15) is 11.4 Å². The summed E-state index contributed by atoms with van der Waals surface area (Å²) in [7, 11) is 0. The summed E-state index contributed by atoms with van der Waals surface area (Å²) >= 11 is 0. The molecule has 4 rings (SSSR count). The van der Waals surface area contributed by atoms with Gasteiger partial charge in [0.2, 0.25) is 5.91 Å². The molecule has 1 saturated heterocycles. The number of nitrogens with one attached hydrogen (secondary N) is 1. The van der Waals surface area contributed by atoms with Crippen molar-refractivity contribution in [1.29, 1.82) is 0 Å². The number of carbonyl (C=O) groups is 1. The maximum atomic E-state index is 13.2. The number of piperidine rings is 1. The van der Waals surface area contributed by atoms with Gasteiger partial charge in [-0.2, -0.15) is 0 Å². The van der Waals surface area contributed by atoms with E-state index in [1.807, 2.05) is 30.3 Å². The van der Waals surface area contributed by atoms with Crippen molar-refractivity contribution in [3.8, 4) is 0 Å². The summed E-state index contributed by atoms with van der Waals surface area (Å²) in [5.74, 6) is -0.126. The summed E-state index contributed by atoms with van der Waals surface area (Å²) in [4.78, 5) is 15.3. The molecule has 1 amide bonds. The first-order valence-electron chi connectivity index (χ1n) is 8.56. The van der Waals surface area contributed by atoms with Crippen molar-refractivity contribution < 1.29 is 9.18 Å². The molecule has 2 aromatic carbocycles. The molecule has 1 atom stereocenters. The highest BCUT2D eigenvalue weighted by Gasteiger charge is 2.47. The Morgan fingerprint density at radius 1 is 1.08 bits per heavy atom. The summed E-state index contributed by atoms with van der Waals surface area (Å²) in [6.45, 7) is 1.57. The lowest BCUT2D eigenvalue weighted by atomic mass is 9.77. The average Bonchev–Trinajstić information content (AvgIpc) is 2.60. The van der Waals surface area contributed by atoms with Crippen LogP contribution >= 0.6 is 0 Å². The second-order valence-corrected chi connectivity index (χ2v) is 6.82. The molecule has 0 bridgehead atoms. The summed E-state index contributed by atoms with van der Waals surface area (Å²) in [6.07, 6.45) is 3.78. The summed E-state index contributed by atoms with van der Waals surface area (Å²) in [5.41, 5.74) is 2.69. The van der Waals surface area contributed by atoms with E-state index in [-0.39, 0.29) is 11.7 Å². The summed E-state index contributed by atoms with van der Waals surface area (Å²) in [5, 5.41) is 3.10. The quantitative estimate of drug-likeness (QED) is 0.912. The van der Waals surface area contributed by atoms with Gasteiger partial charge in [-0.3, -0.25) is 9.69 Å². The Labute approximate surface area is 141 Å². The fourth-order valence-electron chi connectivity index (χ4n) is 4.02. The van der Waals surface area contributed by atoms with Crippen molar-refractivity contribution in [2.24, 2.45) is 0 Å². The molecule has 1 spiro atoms. The Bertz CT molecular complexity index is 758. The van der Waals surface area contributed by atoms with Gasteiger partial charge in [0.15, 0.2) is 0 Å². The fraction of sp³-hybridized carbons (Fsp3) is 0.350. The summed E-state index contributed by atoms with van der Waals surface area (Å²) < 4.78 is 13.2. The van der Waals surface area contributed by atoms with E-state index in [1.54, 1.807) is 0 Å². The van der Waals surface area contributed by atoms with Gasteiger partial charge in [-0.1, -0.05) is 30.3 Å². The number of hydrogen-bond donors (Lipinski definition) is 1. The van der Waals surface area contributed by atoms with E-state index < -0.39 is 5.54 Å². The number of hydrogen-bond acceptors (Lipinski definition) is 2. The normalized spacial score (nSPS) is 23.8. The molecule has 1 unspecified atom stereocenters. The van der Waals surface area contributed by atoms with Crippen LogP contribution in [0.2, 0.25) is 0 Å². The first-order chi connectivity index (χ1) is 11.7. The lowest BCUT2D eigenvalue weighted by Crippen LogP contribution is -2.61. The van der Waals surface area contributed by atoms with Crippen molar-refractivity contribution in [3.63, 3.8) is 0 Å². The average molecular weight is 324 g/mol. The van der Waals surface area contributed by atoms with Gasteiger partial charge in [-0.05, 0) is 55.1 Å². The van der Waals surface area contributed by atoms with Gasteiger partial charge in [-0.15, -0.1) is 0 Å². The SMILES string of the molecule is O=C1Nc2ccccc2CC12CCCCN2Cc1ccc(F)cc1. The molecule has 2 aliphatic rings. The van der Waals surface area contributed by atoms with Crippen LogP contribution in [-0.2, 0) is 17.8 Å². The van der Waals surface area contributed by atoms with E-state index in [9.17, 15) is 9.18 Å². The molecule has 2 aliphatic heterocycles. The molecule has 2 aromatic rings. The highest BCUT2D eigenvalue weighted by molar-refractivity contribution is 6.01. The zero-order valence-corrected chi connectivity index (χ0v) is 13.6. The van der Waals surface area contributed by atoms with E-state index in [4.69, 9.17) is 0 Å². The number of carbonyl (C=O) groups excluding carboxylic acids is 1. The van der Waals surface area contributed by atoms with Gasteiger partial charge in [0.05, 0.1) is 0 Å². The van der Waals surface area contributed by atoms with Crippen LogP contribution in [0, 0.1) is 5.82 Å². The topological polar surface area (TPSA) is 32.3 Å². The minimum atomic E-state index is -0.485. The van der Waals surface area contributed by atoms with E-state index in [2.05, 4.69) is 16.3 Å². The molecular formula is C20H21FN2O. The molecule has 24 heavy (non-hydrogen) atoms. The van der Waals surface area contributed by atoms with Crippen LogP contribution in [0.3, 0.4) is 0 Å². The minimum Gasteiger partial charge on any atom is -0.324 e. The molecule has 0 aromatic heterocycles. The van der Waals surface area contributed by atoms with Crippen molar-refractivity contribution >= 4 is 11.6 Å². The number of anilines is 1. The number of fused-ring (bicyclic) bond motifs is 1. The summed E-state index contributed by atoms with van der Waals surface area (Å²) in [6, 6.07) is 14.6. The van der Waals surface area contributed by atoms with Gasteiger partial charge in [-0.25, -0.2) is 4.39 Å². The third-order valence-electron chi connectivity index (χ3n) is 5.33. The maximum Gasteiger partial charge on any atom is 0.245 e. The lowest BCUT2D eigenvalue weighted by Gasteiger charge is -2.48. The van der Waals surface area contributed by atoms with Gasteiger partial charge in [0.25, 0.3) is 0 Å². The zero-order valence-electron chi connectivity index (χ0n) is 13.6. The number of likely N-dealkylation sites (tertiary alicyclic amines) is 1. The lowest BCUT2D eigenvalue weighted by molar-refractivity contribution is -0.131. The van der Waals surface area contributed by atoms with E-state index in [0.29, 0.717) is 6.54 Å². The molecular weight excluding hydrogens is 303 g/mol. The molecule has 1 fully saturated rings. The predicted octanol–water partition coefficient (Wildman–Crippen LogP) is 3.75. The van der Waals surface area contributed by atoms with Gasteiger partial charge in [0, 0.05) is 18.7 Å². The number of nitrogens with zero attached hydrogens (tertiary/aromatic N) is 1. The smallest absolute Gasteiger partial charge is 0.245 e. The third-order valence-corrected chi connectivity index (χ3v) is 5.33. The van der Waals surface area contributed by atoms with E-state index in [1.165, 1.54) is 17.7 Å². The Morgan fingerprint density at radius 2 is 1.88 bits per heavy atom. The van der Waals surface area contributed by atoms with Crippen molar-refractivity contribution in [2.45, 2.75) is 37.8 Å². The van der Waals surface area contributed by atoms with Crippen LogP contribution < -0.4 is 5.32 Å². The van der Waals surface area contributed by atoms with Crippen LogP contribution in [0.25, 0.3) is 0 Å². The molecule has 3 nitrogen and oxygen atoms in total. The number of halogens is 1. The van der Waals surface area contributed by atoms with Crippen LogP contribution in [0.4, 0.5) is 10.1 Å². The highest BCUT2D eigenvalue weighted by atomic mass is 19.1. The second kappa shape index (κ2) is 6.02. The Balaban J connectivity index is 1.66. The minimum absolute atomic E-state index is 0.100. The Morgan fingerprint density at radius 3 is 2.71 bits per heavy atom. The zero-order chi connectivity index (χ0) is 16.6.